The molecule has 5 nitrogen and oxygen atoms in total. The molecule has 0 aromatic heterocycles. The molecule has 1 aliphatic rings. The lowest BCUT2D eigenvalue weighted by Gasteiger charge is -2.33. The minimum atomic E-state index is -0.724. The first kappa shape index (κ1) is 17.8. The zero-order valence-electron chi connectivity index (χ0n) is 13.2. The van der Waals surface area contributed by atoms with Gasteiger partial charge >= 0.3 is 0 Å². The number of carbonyl (C=O) groups excluding carboxylic acids is 2. The van der Waals surface area contributed by atoms with E-state index in [-0.39, 0.29) is 16.9 Å². The van der Waals surface area contributed by atoms with E-state index in [0.717, 1.165) is 13.1 Å². The van der Waals surface area contributed by atoms with Gasteiger partial charge in [0, 0.05) is 5.02 Å². The molecular formula is C16H20ClN3O2S. The van der Waals surface area contributed by atoms with Crippen LogP contribution in [0.5, 0.6) is 0 Å². The summed E-state index contributed by atoms with van der Waals surface area (Å²) in [4.78, 5) is 28.5. The Hall–Kier alpha value is -1.50. The number of nitrogens with zero attached hydrogens (tertiary/aromatic N) is 2. The van der Waals surface area contributed by atoms with E-state index in [9.17, 15) is 9.59 Å². The number of hydrogen-bond acceptors (Lipinski definition) is 4. The Morgan fingerprint density at radius 1 is 1.22 bits per heavy atom. The molecule has 1 aliphatic heterocycles. The summed E-state index contributed by atoms with van der Waals surface area (Å²) in [6, 6.07) is 6.80. The maximum absolute atomic E-state index is 12.7. The van der Waals surface area contributed by atoms with Gasteiger partial charge in [0.15, 0.2) is 5.11 Å². The van der Waals surface area contributed by atoms with E-state index in [2.05, 4.69) is 24.1 Å². The third-order valence-electron chi connectivity index (χ3n) is 3.98. The molecule has 0 bridgehead atoms. The fourth-order valence-electron chi connectivity index (χ4n) is 2.56. The summed E-state index contributed by atoms with van der Waals surface area (Å²) in [6.45, 7) is 6.58. The zero-order valence-corrected chi connectivity index (χ0v) is 14.8. The van der Waals surface area contributed by atoms with Gasteiger partial charge in [-0.2, -0.15) is 0 Å². The van der Waals surface area contributed by atoms with E-state index in [0.29, 0.717) is 23.7 Å². The number of thiocarbonyl (C=S) groups is 1. The van der Waals surface area contributed by atoms with Crippen molar-refractivity contribution in [2.24, 2.45) is 5.92 Å². The Labute approximate surface area is 146 Å². The molecule has 1 aromatic rings. The van der Waals surface area contributed by atoms with E-state index in [4.69, 9.17) is 23.8 Å². The Bertz CT molecular complexity index is 602. The number of rotatable bonds is 6. The summed E-state index contributed by atoms with van der Waals surface area (Å²) in [5.41, 5.74) is 0.609. The molecule has 23 heavy (non-hydrogen) atoms. The predicted octanol–water partition coefficient (Wildman–Crippen LogP) is 2.44. The highest BCUT2D eigenvalue weighted by Crippen LogP contribution is 2.24. The van der Waals surface area contributed by atoms with Gasteiger partial charge in [-0.15, -0.1) is 0 Å². The fraction of sp³-hybridized carbons (Fsp3) is 0.438. The summed E-state index contributed by atoms with van der Waals surface area (Å²) >= 11 is 11.0. The smallest absolute Gasteiger partial charge is 0.245 e. The van der Waals surface area contributed by atoms with Crippen LogP contribution >= 0.6 is 23.8 Å². The van der Waals surface area contributed by atoms with Gasteiger partial charge in [-0.3, -0.25) is 14.5 Å². The van der Waals surface area contributed by atoms with E-state index >= 15 is 0 Å². The molecule has 1 unspecified atom stereocenters. The molecule has 2 rings (SSSR count). The highest BCUT2D eigenvalue weighted by molar-refractivity contribution is 7.80. The Balaban J connectivity index is 2.17. The normalized spacial score (nSPS) is 18.5. The number of benzene rings is 1. The molecule has 0 aliphatic carbocycles. The van der Waals surface area contributed by atoms with Gasteiger partial charge < -0.3 is 10.2 Å². The van der Waals surface area contributed by atoms with Crippen molar-refractivity contribution in [1.82, 2.24) is 10.2 Å². The first-order valence-corrected chi connectivity index (χ1v) is 8.43. The van der Waals surface area contributed by atoms with Crippen LogP contribution in [-0.2, 0) is 9.59 Å². The molecule has 1 saturated heterocycles. The number of carbonyl (C=O) groups is 2. The second-order valence-corrected chi connectivity index (χ2v) is 6.14. The zero-order chi connectivity index (χ0) is 17.0. The molecule has 1 aromatic carbocycles. The lowest BCUT2D eigenvalue weighted by Crippen LogP contribution is -2.58. The third kappa shape index (κ3) is 4.07. The van der Waals surface area contributed by atoms with Crippen molar-refractivity contribution in [1.29, 1.82) is 0 Å². The standard InChI is InChI=1S/C16H20ClN3O2S/c1-3-19(4-2)10-9-13-14(21)18-16(23)20(15(13)22)12-7-5-11(17)6-8-12/h5-8,13H,3-4,9-10H2,1-2H3,(H,18,21,23). The van der Waals surface area contributed by atoms with Gasteiger partial charge in [-0.25, -0.2) is 0 Å². The van der Waals surface area contributed by atoms with Crippen molar-refractivity contribution < 1.29 is 9.59 Å². The fourth-order valence-corrected chi connectivity index (χ4v) is 2.98. The summed E-state index contributed by atoms with van der Waals surface area (Å²) in [5, 5.41) is 3.32. The largest absolute Gasteiger partial charge is 0.304 e. The second kappa shape index (κ2) is 7.86. The van der Waals surface area contributed by atoms with Crippen LogP contribution in [0, 0.1) is 5.92 Å². The molecule has 1 heterocycles. The Kier molecular flexibility index (Phi) is 6.10. The molecule has 0 spiro atoms. The van der Waals surface area contributed by atoms with Crippen LogP contribution in [0.15, 0.2) is 24.3 Å². The number of anilines is 1. The SMILES string of the molecule is CCN(CC)CCC1C(=O)NC(=S)N(c2ccc(Cl)cc2)C1=O. The summed E-state index contributed by atoms with van der Waals surface area (Å²) in [6.07, 6.45) is 0.471. The van der Waals surface area contributed by atoms with Gasteiger partial charge in [0.1, 0.15) is 5.92 Å². The summed E-state index contributed by atoms with van der Waals surface area (Å²) in [5.74, 6) is -1.33. The number of halogens is 1. The lowest BCUT2D eigenvalue weighted by atomic mass is 10.00. The molecule has 1 atom stereocenters. The molecule has 7 heteroatoms. The first-order valence-electron chi connectivity index (χ1n) is 7.64. The van der Waals surface area contributed by atoms with Crippen LogP contribution in [0.2, 0.25) is 5.02 Å². The van der Waals surface area contributed by atoms with Crippen LogP contribution in [0.1, 0.15) is 20.3 Å². The highest BCUT2D eigenvalue weighted by Gasteiger charge is 2.39. The van der Waals surface area contributed by atoms with Gasteiger partial charge in [0.05, 0.1) is 5.69 Å². The second-order valence-electron chi connectivity index (χ2n) is 5.31. The molecule has 0 radical (unpaired) electrons. The van der Waals surface area contributed by atoms with Crippen LogP contribution in [-0.4, -0.2) is 41.5 Å². The highest BCUT2D eigenvalue weighted by atomic mass is 35.5. The monoisotopic (exact) mass is 353 g/mol. The minimum Gasteiger partial charge on any atom is -0.304 e. The van der Waals surface area contributed by atoms with E-state index in [1.807, 2.05) is 0 Å². The maximum atomic E-state index is 12.7. The van der Waals surface area contributed by atoms with Crippen molar-refractivity contribution in [2.45, 2.75) is 20.3 Å². The van der Waals surface area contributed by atoms with Gasteiger partial charge in [0.2, 0.25) is 11.8 Å². The van der Waals surface area contributed by atoms with Crippen molar-refractivity contribution in [3.05, 3.63) is 29.3 Å². The van der Waals surface area contributed by atoms with Crippen LogP contribution in [0.4, 0.5) is 5.69 Å². The molecule has 1 N–H and O–H groups in total. The Morgan fingerprint density at radius 3 is 2.39 bits per heavy atom. The third-order valence-corrected chi connectivity index (χ3v) is 4.52. The number of hydrogen-bond donors (Lipinski definition) is 1. The van der Waals surface area contributed by atoms with Gasteiger partial charge in [-0.05, 0) is 62.5 Å². The summed E-state index contributed by atoms with van der Waals surface area (Å²) < 4.78 is 0. The van der Waals surface area contributed by atoms with Crippen LogP contribution in [0.25, 0.3) is 0 Å². The Morgan fingerprint density at radius 2 is 1.83 bits per heavy atom. The van der Waals surface area contributed by atoms with Crippen molar-refractivity contribution in [3.63, 3.8) is 0 Å². The number of nitrogens with one attached hydrogen (secondary N) is 1. The van der Waals surface area contributed by atoms with E-state index < -0.39 is 5.92 Å². The van der Waals surface area contributed by atoms with Gasteiger partial charge in [-0.1, -0.05) is 25.4 Å². The average molecular weight is 354 g/mol. The van der Waals surface area contributed by atoms with E-state index in [1.165, 1.54) is 4.90 Å². The van der Waals surface area contributed by atoms with Crippen molar-refractivity contribution >= 4 is 46.4 Å². The molecular weight excluding hydrogens is 334 g/mol. The first-order chi connectivity index (χ1) is 11.0. The van der Waals surface area contributed by atoms with Crippen molar-refractivity contribution in [3.8, 4) is 0 Å². The maximum Gasteiger partial charge on any atom is 0.245 e. The van der Waals surface area contributed by atoms with E-state index in [1.54, 1.807) is 24.3 Å². The molecule has 124 valence electrons. The van der Waals surface area contributed by atoms with Crippen molar-refractivity contribution in [2.75, 3.05) is 24.5 Å². The molecule has 0 saturated carbocycles. The average Bonchev–Trinajstić information content (AvgIpc) is 2.52. The lowest BCUT2D eigenvalue weighted by molar-refractivity contribution is -0.134. The molecule has 2 amide bonds. The summed E-state index contributed by atoms with van der Waals surface area (Å²) in [7, 11) is 0. The topological polar surface area (TPSA) is 52.7 Å². The predicted molar refractivity (Wildman–Crippen MR) is 95.6 cm³/mol. The van der Waals surface area contributed by atoms with Gasteiger partial charge in [0.25, 0.3) is 0 Å². The molecule has 1 fully saturated rings. The van der Waals surface area contributed by atoms with Crippen LogP contribution in [0.3, 0.4) is 0 Å². The quantitative estimate of drug-likeness (QED) is 0.630. The minimum absolute atomic E-state index is 0.112. The van der Waals surface area contributed by atoms with Crippen LogP contribution < -0.4 is 10.2 Å². The number of amides is 2.